The predicted molar refractivity (Wildman–Crippen MR) is 61.0 cm³/mol. The SMILES string of the molecule is CC(C)(C)SCc1ncc(CN)cn1. The van der Waals surface area contributed by atoms with Crippen molar-refractivity contribution in [3.05, 3.63) is 23.8 Å². The van der Waals surface area contributed by atoms with Gasteiger partial charge in [0, 0.05) is 29.2 Å². The molecule has 3 nitrogen and oxygen atoms in total. The molecule has 0 amide bonds. The van der Waals surface area contributed by atoms with Gasteiger partial charge in [-0.3, -0.25) is 0 Å². The third-order valence-electron chi connectivity index (χ3n) is 1.63. The summed E-state index contributed by atoms with van der Waals surface area (Å²) in [4.78, 5) is 8.48. The van der Waals surface area contributed by atoms with Crippen LogP contribution < -0.4 is 5.73 Å². The van der Waals surface area contributed by atoms with Gasteiger partial charge in [0.25, 0.3) is 0 Å². The maximum atomic E-state index is 5.46. The first kappa shape index (κ1) is 11.5. The van der Waals surface area contributed by atoms with Crippen LogP contribution in [0.25, 0.3) is 0 Å². The van der Waals surface area contributed by atoms with Gasteiger partial charge in [0.05, 0.1) is 5.75 Å². The smallest absolute Gasteiger partial charge is 0.138 e. The van der Waals surface area contributed by atoms with Crippen molar-refractivity contribution in [2.24, 2.45) is 5.73 Å². The quantitative estimate of drug-likeness (QED) is 0.830. The Kier molecular flexibility index (Phi) is 3.89. The van der Waals surface area contributed by atoms with Crippen LogP contribution >= 0.6 is 11.8 Å². The van der Waals surface area contributed by atoms with Crippen molar-refractivity contribution in [3.8, 4) is 0 Å². The van der Waals surface area contributed by atoms with E-state index >= 15 is 0 Å². The average molecular weight is 211 g/mol. The first-order valence-electron chi connectivity index (χ1n) is 4.65. The van der Waals surface area contributed by atoms with E-state index in [1.807, 2.05) is 11.8 Å². The Hall–Kier alpha value is -0.610. The molecule has 0 spiro atoms. The van der Waals surface area contributed by atoms with Gasteiger partial charge in [-0.2, -0.15) is 0 Å². The van der Waals surface area contributed by atoms with Crippen molar-refractivity contribution in [3.63, 3.8) is 0 Å². The van der Waals surface area contributed by atoms with Crippen molar-refractivity contribution >= 4 is 11.8 Å². The Morgan fingerprint density at radius 3 is 2.29 bits per heavy atom. The van der Waals surface area contributed by atoms with Crippen LogP contribution in [0.3, 0.4) is 0 Å². The van der Waals surface area contributed by atoms with Gasteiger partial charge >= 0.3 is 0 Å². The molecule has 4 heteroatoms. The van der Waals surface area contributed by atoms with Crippen LogP contribution in [-0.2, 0) is 12.3 Å². The minimum Gasteiger partial charge on any atom is -0.326 e. The average Bonchev–Trinajstić information content (AvgIpc) is 2.14. The highest BCUT2D eigenvalue weighted by Gasteiger charge is 2.11. The number of nitrogens with zero attached hydrogens (tertiary/aromatic N) is 2. The highest BCUT2D eigenvalue weighted by Crippen LogP contribution is 2.25. The molecule has 1 aromatic rings. The molecule has 0 saturated carbocycles. The van der Waals surface area contributed by atoms with Crippen molar-refractivity contribution < 1.29 is 0 Å². The minimum atomic E-state index is 0.260. The van der Waals surface area contributed by atoms with Gasteiger partial charge in [0.1, 0.15) is 5.82 Å². The third-order valence-corrected chi connectivity index (χ3v) is 2.90. The van der Waals surface area contributed by atoms with E-state index in [4.69, 9.17) is 5.73 Å². The number of hydrogen-bond donors (Lipinski definition) is 1. The van der Waals surface area contributed by atoms with Crippen molar-refractivity contribution in [1.82, 2.24) is 9.97 Å². The number of hydrogen-bond acceptors (Lipinski definition) is 4. The number of rotatable bonds is 3. The summed E-state index contributed by atoms with van der Waals surface area (Å²) in [7, 11) is 0. The summed E-state index contributed by atoms with van der Waals surface area (Å²) in [6.45, 7) is 7.07. The van der Waals surface area contributed by atoms with Crippen molar-refractivity contribution in [2.75, 3.05) is 0 Å². The minimum absolute atomic E-state index is 0.260. The molecule has 0 bridgehead atoms. The maximum Gasteiger partial charge on any atom is 0.138 e. The lowest BCUT2D eigenvalue weighted by molar-refractivity contribution is 0.799. The first-order valence-corrected chi connectivity index (χ1v) is 5.63. The Labute approximate surface area is 89.5 Å². The standard InChI is InChI=1S/C10H17N3S/c1-10(2,3)14-7-9-12-5-8(4-11)6-13-9/h5-6H,4,7,11H2,1-3H3. The molecule has 0 atom stereocenters. The van der Waals surface area contributed by atoms with E-state index in [9.17, 15) is 0 Å². The zero-order valence-electron chi connectivity index (χ0n) is 8.95. The summed E-state index contributed by atoms with van der Waals surface area (Å²) in [5.41, 5.74) is 6.44. The fourth-order valence-corrected chi connectivity index (χ4v) is 1.55. The van der Waals surface area contributed by atoms with Crippen LogP contribution in [0, 0.1) is 0 Å². The van der Waals surface area contributed by atoms with Gasteiger partial charge in [-0.1, -0.05) is 20.8 Å². The van der Waals surface area contributed by atoms with Crippen LogP contribution in [0.4, 0.5) is 0 Å². The molecular formula is C10H17N3S. The molecule has 0 radical (unpaired) electrons. The van der Waals surface area contributed by atoms with Crippen LogP contribution in [0.2, 0.25) is 0 Å². The molecule has 0 aliphatic heterocycles. The van der Waals surface area contributed by atoms with Gasteiger partial charge < -0.3 is 5.73 Å². The summed E-state index contributed by atoms with van der Waals surface area (Å²) in [5, 5.41) is 0. The van der Waals surface area contributed by atoms with E-state index in [0.717, 1.165) is 17.1 Å². The molecule has 0 aromatic carbocycles. The molecule has 0 aliphatic carbocycles. The van der Waals surface area contributed by atoms with Gasteiger partial charge in [0.15, 0.2) is 0 Å². The first-order chi connectivity index (χ1) is 6.51. The number of aromatic nitrogens is 2. The summed E-state index contributed by atoms with van der Waals surface area (Å²) >= 11 is 1.84. The van der Waals surface area contributed by atoms with Crippen LogP contribution in [0.1, 0.15) is 32.2 Å². The molecular weight excluding hydrogens is 194 g/mol. The second kappa shape index (κ2) is 4.75. The molecule has 1 rings (SSSR count). The lowest BCUT2D eigenvalue weighted by Crippen LogP contribution is -2.09. The normalized spacial score (nSPS) is 11.7. The summed E-state index contributed by atoms with van der Waals surface area (Å²) in [5.74, 6) is 1.73. The molecule has 2 N–H and O–H groups in total. The zero-order chi connectivity index (χ0) is 10.6. The highest BCUT2D eigenvalue weighted by atomic mass is 32.2. The fraction of sp³-hybridized carbons (Fsp3) is 0.600. The van der Waals surface area contributed by atoms with E-state index in [1.165, 1.54) is 0 Å². The molecule has 1 aromatic heterocycles. The lowest BCUT2D eigenvalue weighted by Gasteiger charge is -2.16. The van der Waals surface area contributed by atoms with Gasteiger partial charge in [-0.15, -0.1) is 11.8 Å². The highest BCUT2D eigenvalue weighted by molar-refractivity contribution is 7.99. The topological polar surface area (TPSA) is 51.8 Å². The monoisotopic (exact) mass is 211 g/mol. The Morgan fingerprint density at radius 2 is 1.86 bits per heavy atom. The van der Waals surface area contributed by atoms with Crippen molar-refractivity contribution in [2.45, 2.75) is 37.8 Å². The summed E-state index contributed by atoms with van der Waals surface area (Å²) in [6, 6.07) is 0. The van der Waals surface area contributed by atoms with Crippen LogP contribution in [0.5, 0.6) is 0 Å². The molecule has 0 unspecified atom stereocenters. The molecule has 0 saturated heterocycles. The Balaban J connectivity index is 2.52. The third kappa shape index (κ3) is 4.07. The number of thioether (sulfide) groups is 1. The van der Waals surface area contributed by atoms with Crippen LogP contribution in [0.15, 0.2) is 12.4 Å². The second-order valence-corrected chi connectivity index (χ2v) is 5.91. The van der Waals surface area contributed by atoms with Gasteiger partial charge in [-0.05, 0) is 0 Å². The Bertz CT molecular complexity index is 276. The predicted octanol–water partition coefficient (Wildman–Crippen LogP) is 1.97. The van der Waals surface area contributed by atoms with Crippen LogP contribution in [-0.4, -0.2) is 14.7 Å². The van der Waals surface area contributed by atoms with E-state index in [1.54, 1.807) is 12.4 Å². The molecule has 78 valence electrons. The van der Waals surface area contributed by atoms with Gasteiger partial charge in [0.2, 0.25) is 0 Å². The van der Waals surface area contributed by atoms with Gasteiger partial charge in [-0.25, -0.2) is 9.97 Å². The largest absolute Gasteiger partial charge is 0.326 e. The zero-order valence-corrected chi connectivity index (χ0v) is 9.77. The van der Waals surface area contributed by atoms with E-state index < -0.39 is 0 Å². The lowest BCUT2D eigenvalue weighted by atomic mass is 10.3. The van der Waals surface area contributed by atoms with Crippen molar-refractivity contribution in [1.29, 1.82) is 0 Å². The summed E-state index contributed by atoms with van der Waals surface area (Å²) < 4.78 is 0.260. The molecule has 14 heavy (non-hydrogen) atoms. The molecule has 1 heterocycles. The van der Waals surface area contributed by atoms with E-state index in [2.05, 4.69) is 30.7 Å². The summed E-state index contributed by atoms with van der Waals surface area (Å²) in [6.07, 6.45) is 3.59. The fourth-order valence-electron chi connectivity index (χ4n) is 0.843. The molecule has 0 aliphatic rings. The van der Waals surface area contributed by atoms with E-state index in [0.29, 0.717) is 6.54 Å². The second-order valence-electron chi connectivity index (χ2n) is 4.11. The maximum absolute atomic E-state index is 5.46. The molecule has 0 fully saturated rings. The van der Waals surface area contributed by atoms with E-state index in [-0.39, 0.29) is 4.75 Å². The Morgan fingerprint density at radius 1 is 1.29 bits per heavy atom. The number of nitrogens with two attached hydrogens (primary N) is 1.